The molecule has 1 saturated carbocycles. The van der Waals surface area contributed by atoms with Gasteiger partial charge in [0.05, 0.1) is 16.6 Å². The number of anilines is 1. The number of aromatic nitrogens is 2. The molecule has 114 valence electrons. The lowest BCUT2D eigenvalue weighted by molar-refractivity contribution is -0.137. The highest BCUT2D eigenvalue weighted by Gasteiger charge is 2.38. The van der Waals surface area contributed by atoms with Crippen LogP contribution in [0.15, 0.2) is 18.2 Å². The minimum atomic E-state index is -4.36. The van der Waals surface area contributed by atoms with Crippen molar-refractivity contribution >= 4 is 17.0 Å². The van der Waals surface area contributed by atoms with E-state index in [9.17, 15) is 13.2 Å². The summed E-state index contributed by atoms with van der Waals surface area (Å²) in [7, 11) is 0. The van der Waals surface area contributed by atoms with Crippen molar-refractivity contribution < 1.29 is 13.2 Å². The highest BCUT2D eigenvalue weighted by molar-refractivity contribution is 5.79. The van der Waals surface area contributed by atoms with Crippen molar-refractivity contribution in [2.24, 2.45) is 5.41 Å². The summed E-state index contributed by atoms with van der Waals surface area (Å²) in [6.07, 6.45) is -1.21. The van der Waals surface area contributed by atoms with Crippen LogP contribution in [-0.4, -0.2) is 9.55 Å². The zero-order chi connectivity index (χ0) is 15.4. The van der Waals surface area contributed by atoms with Crippen LogP contribution >= 0.6 is 0 Å². The fourth-order valence-corrected chi connectivity index (χ4v) is 3.41. The maximum absolute atomic E-state index is 12.8. The molecule has 3 rings (SSSR count). The Bertz CT molecular complexity index is 685. The number of halogens is 3. The van der Waals surface area contributed by atoms with E-state index in [0.717, 1.165) is 31.4 Å². The molecule has 1 atom stereocenters. The predicted octanol–water partition coefficient (Wildman–Crippen LogP) is 4.39. The summed E-state index contributed by atoms with van der Waals surface area (Å²) < 4.78 is 40.2. The van der Waals surface area contributed by atoms with Gasteiger partial charge in [-0.25, -0.2) is 4.98 Å². The van der Waals surface area contributed by atoms with Gasteiger partial charge in [0.1, 0.15) is 0 Å². The molecule has 1 fully saturated rings. The van der Waals surface area contributed by atoms with Crippen molar-refractivity contribution in [3.05, 3.63) is 23.8 Å². The number of hydrogen-bond acceptors (Lipinski definition) is 2. The fraction of sp³-hybridized carbons (Fsp3) is 0.533. The maximum Gasteiger partial charge on any atom is 0.416 e. The number of nitrogen functional groups attached to an aromatic ring is 1. The lowest BCUT2D eigenvalue weighted by Gasteiger charge is -2.29. The molecule has 0 saturated heterocycles. The van der Waals surface area contributed by atoms with E-state index in [-0.39, 0.29) is 11.5 Å². The Balaban J connectivity index is 2.15. The molecule has 1 heterocycles. The van der Waals surface area contributed by atoms with E-state index in [1.165, 1.54) is 6.07 Å². The topological polar surface area (TPSA) is 43.8 Å². The van der Waals surface area contributed by atoms with Crippen molar-refractivity contribution in [1.82, 2.24) is 9.55 Å². The Kier molecular flexibility index (Phi) is 2.97. The van der Waals surface area contributed by atoms with Crippen molar-refractivity contribution in [3.8, 4) is 0 Å². The van der Waals surface area contributed by atoms with Crippen LogP contribution in [0.1, 0.15) is 44.7 Å². The first-order valence-corrected chi connectivity index (χ1v) is 7.05. The van der Waals surface area contributed by atoms with E-state index < -0.39 is 11.7 Å². The summed E-state index contributed by atoms with van der Waals surface area (Å²) in [5.74, 6) is 0.296. The third-order valence-electron chi connectivity index (χ3n) is 4.56. The van der Waals surface area contributed by atoms with Gasteiger partial charge in [-0.05, 0) is 36.5 Å². The van der Waals surface area contributed by atoms with Gasteiger partial charge in [-0.15, -0.1) is 0 Å². The molecule has 0 radical (unpaired) electrons. The molecular formula is C15H18F3N3. The summed E-state index contributed by atoms with van der Waals surface area (Å²) in [5.41, 5.74) is 6.36. The molecule has 1 unspecified atom stereocenters. The molecule has 0 bridgehead atoms. The highest BCUT2D eigenvalue weighted by Crippen LogP contribution is 2.48. The number of nitrogens with zero attached hydrogens (tertiary/aromatic N) is 2. The van der Waals surface area contributed by atoms with Crippen LogP contribution in [0.4, 0.5) is 19.1 Å². The molecular weight excluding hydrogens is 279 g/mol. The number of benzene rings is 1. The number of rotatable bonds is 1. The SMILES string of the molecule is CC1(C)CCCC1n1c(N)nc2cc(C(F)(F)F)ccc21. The largest absolute Gasteiger partial charge is 0.416 e. The lowest BCUT2D eigenvalue weighted by Crippen LogP contribution is -2.22. The Hall–Kier alpha value is -1.72. The Morgan fingerprint density at radius 3 is 2.62 bits per heavy atom. The van der Waals surface area contributed by atoms with E-state index in [0.29, 0.717) is 17.0 Å². The van der Waals surface area contributed by atoms with Crippen LogP contribution in [-0.2, 0) is 6.18 Å². The van der Waals surface area contributed by atoms with Gasteiger partial charge in [0.2, 0.25) is 5.95 Å². The fourth-order valence-electron chi connectivity index (χ4n) is 3.41. The van der Waals surface area contributed by atoms with Gasteiger partial charge >= 0.3 is 6.18 Å². The summed E-state index contributed by atoms with van der Waals surface area (Å²) in [5, 5.41) is 0. The summed E-state index contributed by atoms with van der Waals surface area (Å²) in [6.45, 7) is 4.33. The second-order valence-electron chi connectivity index (χ2n) is 6.44. The molecule has 6 heteroatoms. The molecule has 1 aromatic heterocycles. The van der Waals surface area contributed by atoms with E-state index in [1.54, 1.807) is 0 Å². The Morgan fingerprint density at radius 1 is 1.33 bits per heavy atom. The number of alkyl halides is 3. The minimum Gasteiger partial charge on any atom is -0.369 e. The molecule has 2 aromatic rings. The zero-order valence-electron chi connectivity index (χ0n) is 12.0. The highest BCUT2D eigenvalue weighted by atomic mass is 19.4. The molecule has 21 heavy (non-hydrogen) atoms. The van der Waals surface area contributed by atoms with E-state index in [4.69, 9.17) is 5.73 Å². The number of hydrogen-bond donors (Lipinski definition) is 1. The second kappa shape index (κ2) is 4.39. The Labute approximate surface area is 121 Å². The molecule has 2 N–H and O–H groups in total. The predicted molar refractivity (Wildman–Crippen MR) is 75.8 cm³/mol. The van der Waals surface area contributed by atoms with Gasteiger partial charge in [-0.3, -0.25) is 0 Å². The van der Waals surface area contributed by atoms with Crippen LogP contribution in [0, 0.1) is 5.41 Å². The minimum absolute atomic E-state index is 0.0739. The van der Waals surface area contributed by atoms with E-state index in [1.807, 2.05) is 4.57 Å². The first-order valence-electron chi connectivity index (χ1n) is 7.05. The first kappa shape index (κ1) is 14.2. The molecule has 1 aromatic carbocycles. The number of fused-ring (bicyclic) bond motifs is 1. The molecule has 0 amide bonds. The van der Waals surface area contributed by atoms with Gasteiger partial charge in [0.25, 0.3) is 0 Å². The van der Waals surface area contributed by atoms with E-state index >= 15 is 0 Å². The standard InChI is InChI=1S/C15H18F3N3/c1-14(2)7-3-4-12(14)21-11-6-5-9(15(16,17)18)8-10(11)20-13(21)19/h5-6,8,12H,3-4,7H2,1-2H3,(H2,19,20). The summed E-state index contributed by atoms with van der Waals surface area (Å²) in [4.78, 5) is 4.14. The zero-order valence-corrected chi connectivity index (χ0v) is 12.0. The molecule has 3 nitrogen and oxygen atoms in total. The van der Waals surface area contributed by atoms with Crippen LogP contribution in [0.25, 0.3) is 11.0 Å². The van der Waals surface area contributed by atoms with Crippen LogP contribution in [0.5, 0.6) is 0 Å². The molecule has 1 aliphatic carbocycles. The molecule has 0 spiro atoms. The van der Waals surface area contributed by atoms with Crippen molar-refractivity contribution in [1.29, 1.82) is 0 Å². The smallest absolute Gasteiger partial charge is 0.369 e. The number of nitrogens with two attached hydrogens (primary N) is 1. The van der Waals surface area contributed by atoms with Crippen LogP contribution in [0.2, 0.25) is 0 Å². The third-order valence-corrected chi connectivity index (χ3v) is 4.56. The normalized spacial score (nSPS) is 22.0. The average molecular weight is 297 g/mol. The quantitative estimate of drug-likeness (QED) is 0.848. The van der Waals surface area contributed by atoms with Crippen LogP contribution < -0.4 is 5.73 Å². The van der Waals surface area contributed by atoms with Gasteiger partial charge in [0.15, 0.2) is 0 Å². The van der Waals surface area contributed by atoms with Crippen molar-refractivity contribution in [2.45, 2.75) is 45.3 Å². The van der Waals surface area contributed by atoms with Gasteiger partial charge < -0.3 is 10.3 Å². The Morgan fingerprint density at radius 2 is 2.05 bits per heavy atom. The van der Waals surface area contributed by atoms with Gasteiger partial charge in [-0.1, -0.05) is 20.3 Å². The van der Waals surface area contributed by atoms with Crippen molar-refractivity contribution in [3.63, 3.8) is 0 Å². The van der Waals surface area contributed by atoms with Crippen molar-refractivity contribution in [2.75, 3.05) is 5.73 Å². The van der Waals surface area contributed by atoms with E-state index in [2.05, 4.69) is 18.8 Å². The first-order chi connectivity index (χ1) is 9.70. The van der Waals surface area contributed by atoms with Gasteiger partial charge in [0, 0.05) is 6.04 Å². The maximum atomic E-state index is 12.8. The number of imidazole rings is 1. The summed E-state index contributed by atoms with van der Waals surface area (Å²) in [6, 6.07) is 3.83. The monoisotopic (exact) mass is 297 g/mol. The third kappa shape index (κ3) is 2.26. The molecule has 0 aliphatic heterocycles. The molecule has 1 aliphatic rings. The summed E-state index contributed by atoms with van der Waals surface area (Å²) >= 11 is 0. The van der Waals surface area contributed by atoms with Gasteiger partial charge in [-0.2, -0.15) is 13.2 Å². The lowest BCUT2D eigenvalue weighted by atomic mass is 9.87. The average Bonchev–Trinajstić information content (AvgIpc) is 2.85. The van der Waals surface area contributed by atoms with Crippen LogP contribution in [0.3, 0.4) is 0 Å². The second-order valence-corrected chi connectivity index (χ2v) is 6.44.